The van der Waals surface area contributed by atoms with Gasteiger partial charge in [-0.25, -0.2) is 4.79 Å². The number of carbonyl (C=O) groups is 1. The van der Waals surface area contributed by atoms with Crippen molar-refractivity contribution in [3.05, 3.63) is 12.2 Å². The predicted octanol–water partition coefficient (Wildman–Crippen LogP) is 16.6. The Morgan fingerprint density at radius 1 is 0.326 bits per heavy atom. The van der Waals surface area contributed by atoms with E-state index in [2.05, 4.69) is 223 Å². The monoisotopic (exact) mass is 1420 g/mol. The third-order valence-corrected chi connectivity index (χ3v) is 67.5. The quantitative estimate of drug-likeness (QED) is 0.0246. The first kappa shape index (κ1) is 87.3. The maximum absolute atomic E-state index is 12.8. The molecule has 0 radical (unpaired) electrons. The Kier molecular flexibility index (Phi) is 38.1. The highest BCUT2D eigenvalue weighted by Gasteiger charge is 2.63. The molecule has 27 heteroatoms. The van der Waals surface area contributed by atoms with Crippen molar-refractivity contribution in [3.8, 4) is 0 Å². The van der Waals surface area contributed by atoms with Crippen molar-refractivity contribution in [2.75, 3.05) is 45.9 Å². The van der Waals surface area contributed by atoms with Crippen LogP contribution in [0, 0.1) is 53.3 Å². The first-order valence-electron chi connectivity index (χ1n) is 33.2. The van der Waals surface area contributed by atoms with E-state index in [-0.39, 0.29) is 41.7 Å². The Labute approximate surface area is 545 Å². The van der Waals surface area contributed by atoms with Crippen molar-refractivity contribution in [1.29, 1.82) is 0 Å². The van der Waals surface area contributed by atoms with Crippen LogP contribution in [0.5, 0.6) is 0 Å². The highest BCUT2D eigenvalue weighted by Crippen LogP contribution is 2.42. The molecule has 0 aromatic carbocycles. The van der Waals surface area contributed by atoms with Gasteiger partial charge in [0.1, 0.15) is 6.23 Å². The van der Waals surface area contributed by atoms with Gasteiger partial charge in [0.25, 0.3) is 0 Å². The van der Waals surface area contributed by atoms with Crippen molar-refractivity contribution < 1.29 is 64.9 Å². The summed E-state index contributed by atoms with van der Waals surface area (Å²) in [6, 6.07) is 2.87. The van der Waals surface area contributed by atoms with E-state index in [1.54, 1.807) is 6.92 Å². The molecule has 0 saturated carbocycles. The van der Waals surface area contributed by atoms with Crippen LogP contribution in [0.4, 0.5) is 0 Å². The Bertz CT molecular complexity index is 1730. The zero-order valence-corrected chi connectivity index (χ0v) is 74.5. The Morgan fingerprint density at radius 2 is 0.535 bits per heavy atom. The molecular formula is C59H140O15Si12. The molecule has 0 aromatic rings. The van der Waals surface area contributed by atoms with Crippen molar-refractivity contribution in [3.63, 3.8) is 0 Å². The number of hydrogen-bond acceptors (Lipinski definition) is 15. The lowest BCUT2D eigenvalue weighted by atomic mass is 10.2. The molecule has 15 nitrogen and oxygen atoms in total. The summed E-state index contributed by atoms with van der Waals surface area (Å²) in [7, 11) is -35.8. The molecule has 0 aliphatic carbocycles. The molecule has 0 aromatic heterocycles. The van der Waals surface area contributed by atoms with Gasteiger partial charge in [-0.15, -0.1) is 0 Å². The van der Waals surface area contributed by atoms with Crippen LogP contribution in [0.25, 0.3) is 0 Å². The van der Waals surface area contributed by atoms with Crippen LogP contribution in [0.3, 0.4) is 0 Å². The lowest BCUT2D eigenvalue weighted by Crippen LogP contribution is -2.69. The van der Waals surface area contributed by atoms with Gasteiger partial charge in [-0.05, 0) is 170 Å². The number of ether oxygens (including phenoxy) is 1. The maximum atomic E-state index is 12.8. The van der Waals surface area contributed by atoms with Crippen molar-refractivity contribution in [2.45, 2.75) is 264 Å². The van der Waals surface area contributed by atoms with E-state index in [4.69, 9.17) is 60.1 Å². The molecule has 0 aliphatic heterocycles. The Morgan fingerprint density at radius 3 is 0.733 bits per heavy atom. The molecule has 0 saturated heterocycles. The van der Waals surface area contributed by atoms with Gasteiger partial charge in [0.15, 0.2) is 68.0 Å². The van der Waals surface area contributed by atoms with Crippen molar-refractivity contribution in [1.82, 2.24) is 0 Å². The summed E-state index contributed by atoms with van der Waals surface area (Å²) in [5.41, 5.74) is 2.26. The molecular weight excluding hydrogens is 1290 g/mol. The third-order valence-electron chi connectivity index (χ3n) is 12.8. The van der Waals surface area contributed by atoms with Crippen LogP contribution in [0.15, 0.2) is 12.2 Å². The van der Waals surface area contributed by atoms with Gasteiger partial charge in [-0.2, -0.15) is 0 Å². The summed E-state index contributed by atoms with van der Waals surface area (Å²) < 4.78 is 105. The molecule has 0 N–H and O–H groups in total. The highest BCUT2D eigenvalue weighted by molar-refractivity contribution is 7.02. The van der Waals surface area contributed by atoms with Gasteiger partial charge in [0.2, 0.25) is 0 Å². The zero-order valence-electron chi connectivity index (χ0n) is 62.1. The molecule has 0 amide bonds. The highest BCUT2D eigenvalue weighted by atomic mass is 28.5. The van der Waals surface area contributed by atoms with Crippen molar-refractivity contribution in [2.24, 2.45) is 53.3 Å². The third kappa shape index (κ3) is 39.2. The minimum absolute atomic E-state index is 0.214. The molecule has 0 spiro atoms. The zero-order chi connectivity index (χ0) is 67.4. The standard InChI is InChI=1S/C59H140O15Si12/c1-49(2)35-62-83(63-36-50(3)4,69-76(21,22)41-55(13)14)46-80(29,30)72-86(45-79(27,28)68-75-44-61-59(60)58(19)20,73-81(31,32)47-84(64-37-51(5)6,65-38-52(7)8)70-77(23,24)42-56(15)16)74-82(33,34)48-85(66-39-53(9)10,67-40-54(11)12)71-78(25,26)43-57(17)18/h49-57H,19,35-48,75H2,1-18,20-34H3. The van der Waals surface area contributed by atoms with Crippen LogP contribution < -0.4 is 0 Å². The Hall–Kier alpha value is 1.29. The van der Waals surface area contributed by atoms with Crippen LogP contribution >= 0.6 is 0 Å². The minimum Gasteiger partial charge on any atom is -0.464 e. The lowest BCUT2D eigenvalue weighted by molar-refractivity contribution is -0.137. The lowest BCUT2D eigenvalue weighted by Gasteiger charge is -2.50. The normalized spacial score (nSPS) is 14.7. The van der Waals surface area contributed by atoms with E-state index < -0.39 is 109 Å². The van der Waals surface area contributed by atoms with E-state index in [0.29, 0.717) is 85.6 Å². The molecule has 514 valence electrons. The summed E-state index contributed by atoms with van der Waals surface area (Å²) in [6.45, 7) is 80.6. The van der Waals surface area contributed by atoms with E-state index >= 15 is 0 Å². The second kappa shape index (κ2) is 37.6. The van der Waals surface area contributed by atoms with Crippen LogP contribution in [-0.4, -0.2) is 155 Å². The first-order valence-corrected chi connectivity index (χ1v) is 64.3. The molecule has 0 atom stereocenters. The van der Waals surface area contributed by atoms with E-state index in [1.165, 1.54) is 0 Å². The van der Waals surface area contributed by atoms with Gasteiger partial charge in [-0.3, -0.25) is 0 Å². The summed E-state index contributed by atoms with van der Waals surface area (Å²) in [5.74, 6) is 2.31. The maximum Gasteiger partial charge on any atom is 0.489 e. The number of rotatable bonds is 49. The summed E-state index contributed by atoms with van der Waals surface area (Å²) >= 11 is 0. The summed E-state index contributed by atoms with van der Waals surface area (Å²) in [4.78, 5) is 12.8. The van der Waals surface area contributed by atoms with Crippen molar-refractivity contribution >= 4 is 109 Å². The largest absolute Gasteiger partial charge is 0.489 e. The van der Waals surface area contributed by atoms with Gasteiger partial charge in [0.05, 0.1) is 0 Å². The van der Waals surface area contributed by atoms with E-state index in [9.17, 15) is 4.79 Å². The fourth-order valence-corrected chi connectivity index (χ4v) is 76.7. The smallest absolute Gasteiger partial charge is 0.464 e. The van der Waals surface area contributed by atoms with Crippen LogP contribution in [-0.2, 0) is 64.9 Å². The second-order valence-electron chi connectivity index (χ2n) is 33.2. The number of hydrogen-bond donors (Lipinski definition) is 0. The van der Waals surface area contributed by atoms with E-state index in [1.807, 2.05) is 0 Å². The SMILES string of the molecule is C=C(C)C(=O)OC[SiH2]O[Si](C)(C)C[Si](O[Si](C)(C)C[Si](OCC(C)C)(OCC(C)C)O[Si](C)(C)CC(C)C)(O[Si](C)(C)C[Si](OCC(C)C)(OCC(C)C)O[Si](C)(C)CC(C)C)O[Si](C)(C)C[Si](OCC(C)C)(OCC(C)C)O[Si](C)(C)CC(C)C. The second-order valence-corrected chi connectivity index (χ2v) is 78.7. The average molecular weight is 1430 g/mol. The van der Waals surface area contributed by atoms with Gasteiger partial charge in [-0.1, -0.05) is 131 Å². The van der Waals surface area contributed by atoms with Crippen LogP contribution in [0.2, 0.25) is 132 Å². The van der Waals surface area contributed by atoms with Crippen LogP contribution in [0.1, 0.15) is 132 Å². The summed E-state index contributed by atoms with van der Waals surface area (Å²) in [6.07, 6.45) is 0.214. The molecule has 86 heavy (non-hydrogen) atoms. The molecule has 0 aliphatic rings. The van der Waals surface area contributed by atoms with Gasteiger partial charge >= 0.3 is 41.2 Å². The number of carbonyl (C=O) groups excluding carboxylic acids is 1. The first-order chi connectivity index (χ1) is 38.6. The molecule has 0 rings (SSSR count). The molecule has 0 unspecified atom stereocenters. The Balaban J connectivity index is 9.51. The van der Waals surface area contributed by atoms with Gasteiger partial charge in [0, 0.05) is 67.9 Å². The average Bonchev–Trinajstić information content (AvgIpc) is 3.25. The predicted molar refractivity (Wildman–Crippen MR) is 390 cm³/mol. The molecule has 0 fully saturated rings. The fraction of sp³-hybridized carbons (Fsp3) is 0.949. The summed E-state index contributed by atoms with van der Waals surface area (Å²) in [5, 5.41) is 0. The minimum atomic E-state index is -4.14. The fourth-order valence-electron chi connectivity index (χ4n) is 11.1. The topological polar surface area (TPSA) is 146 Å². The molecule has 0 bridgehead atoms. The van der Waals surface area contributed by atoms with E-state index in [0.717, 1.165) is 18.1 Å². The van der Waals surface area contributed by atoms with Gasteiger partial charge < -0.3 is 60.1 Å². The number of esters is 1. The molecule has 0 heterocycles.